The summed E-state index contributed by atoms with van der Waals surface area (Å²) in [4.78, 5) is 40.5. The van der Waals surface area contributed by atoms with E-state index in [0.717, 1.165) is 6.42 Å². The molecule has 0 unspecified atom stereocenters. The fourth-order valence-corrected chi connectivity index (χ4v) is 5.33. The van der Waals surface area contributed by atoms with Crippen LogP contribution in [0.4, 0.5) is 5.69 Å². The Morgan fingerprint density at radius 3 is 2.43 bits per heavy atom. The molecule has 0 radical (unpaired) electrons. The lowest BCUT2D eigenvalue weighted by molar-refractivity contribution is -0.123. The van der Waals surface area contributed by atoms with Gasteiger partial charge in [-0.2, -0.15) is 0 Å². The van der Waals surface area contributed by atoms with Crippen LogP contribution in [0, 0.1) is 23.7 Å². The highest BCUT2D eigenvalue weighted by atomic mass is 16.5. The maximum atomic E-state index is 13.3. The third kappa shape index (κ3) is 2.72. The second kappa shape index (κ2) is 6.94. The Bertz CT molecular complexity index is 1070. The number of anilines is 1. The number of nitrogens with zero attached hydrogens (tertiary/aromatic N) is 1. The lowest BCUT2D eigenvalue weighted by Gasteiger charge is -2.22. The van der Waals surface area contributed by atoms with Gasteiger partial charge in [0.15, 0.2) is 6.10 Å². The molecule has 2 aromatic rings. The van der Waals surface area contributed by atoms with Crippen molar-refractivity contribution in [2.75, 3.05) is 4.90 Å². The minimum absolute atomic E-state index is 0.146. The Morgan fingerprint density at radius 2 is 1.67 bits per heavy atom. The predicted octanol–water partition coefficient (Wildman–Crippen LogP) is 4.04. The maximum Gasteiger partial charge on any atom is 0.238 e. The summed E-state index contributed by atoms with van der Waals surface area (Å²) in [5.41, 5.74) is 2.20. The number of Topliss-reactive ketones (excluding diaryl/α,β-unsaturated/α-hetero) is 1. The van der Waals surface area contributed by atoms with Crippen LogP contribution in [-0.2, 0) is 9.59 Å². The van der Waals surface area contributed by atoms with Gasteiger partial charge in [-0.3, -0.25) is 14.4 Å². The van der Waals surface area contributed by atoms with Crippen LogP contribution in [0.5, 0.6) is 5.75 Å². The van der Waals surface area contributed by atoms with Crippen LogP contribution >= 0.6 is 0 Å². The summed E-state index contributed by atoms with van der Waals surface area (Å²) in [5, 5.41) is 0. The molecular weight excluding hydrogens is 378 g/mol. The second-order valence-corrected chi connectivity index (χ2v) is 8.44. The minimum atomic E-state index is -0.749. The molecule has 1 aliphatic heterocycles. The number of ether oxygens (including phenoxy) is 1. The summed E-state index contributed by atoms with van der Waals surface area (Å²) in [6.45, 7) is 3.73. The zero-order chi connectivity index (χ0) is 21.0. The fraction of sp³-hybridized carbons (Fsp3) is 0.320. The molecule has 5 nitrogen and oxygen atoms in total. The summed E-state index contributed by atoms with van der Waals surface area (Å²) >= 11 is 0. The van der Waals surface area contributed by atoms with Gasteiger partial charge in [-0.25, -0.2) is 4.90 Å². The molecular formula is C25H23NO4. The third-order valence-electron chi connectivity index (χ3n) is 6.72. The van der Waals surface area contributed by atoms with Gasteiger partial charge in [-0.15, -0.1) is 0 Å². The van der Waals surface area contributed by atoms with Gasteiger partial charge in [0.1, 0.15) is 5.75 Å². The van der Waals surface area contributed by atoms with Gasteiger partial charge < -0.3 is 4.74 Å². The molecule has 30 heavy (non-hydrogen) atoms. The Labute approximate surface area is 175 Å². The summed E-state index contributed by atoms with van der Waals surface area (Å²) in [6.07, 6.45) is 2.30. The monoisotopic (exact) mass is 401 g/mol. The van der Waals surface area contributed by atoms with E-state index in [2.05, 4.69) is 13.0 Å². The molecule has 3 aliphatic rings. The number of benzene rings is 2. The number of carbonyl (C=O) groups excluding carboxylic acids is 3. The van der Waals surface area contributed by atoms with E-state index in [4.69, 9.17) is 4.74 Å². The molecule has 2 aliphatic carbocycles. The Hall–Kier alpha value is -3.21. The molecule has 5 heteroatoms. The first-order chi connectivity index (χ1) is 14.5. The number of fused-ring (bicyclic) bond motifs is 5. The fourth-order valence-electron chi connectivity index (χ4n) is 5.33. The summed E-state index contributed by atoms with van der Waals surface area (Å²) in [7, 11) is 0. The predicted molar refractivity (Wildman–Crippen MR) is 112 cm³/mol. The molecule has 0 N–H and O–H groups in total. The number of carbonyl (C=O) groups is 3. The van der Waals surface area contributed by atoms with Crippen molar-refractivity contribution >= 4 is 23.3 Å². The zero-order valence-electron chi connectivity index (χ0n) is 16.9. The number of imide groups is 1. The first kappa shape index (κ1) is 18.8. The van der Waals surface area contributed by atoms with Crippen molar-refractivity contribution in [3.05, 3.63) is 71.8 Å². The highest BCUT2D eigenvalue weighted by Crippen LogP contribution is 2.56. The average Bonchev–Trinajstić information content (AvgIpc) is 3.39. The van der Waals surface area contributed by atoms with Crippen molar-refractivity contribution in [1.82, 2.24) is 0 Å². The average molecular weight is 401 g/mol. The molecule has 0 spiro atoms. The van der Waals surface area contributed by atoms with Crippen LogP contribution in [0.15, 0.2) is 66.2 Å². The van der Waals surface area contributed by atoms with Crippen molar-refractivity contribution in [3.63, 3.8) is 0 Å². The van der Waals surface area contributed by atoms with Crippen LogP contribution < -0.4 is 9.64 Å². The van der Waals surface area contributed by atoms with Crippen molar-refractivity contribution in [3.8, 4) is 5.75 Å². The summed E-state index contributed by atoms with van der Waals surface area (Å²) in [5.74, 6) is -0.331. The molecule has 1 saturated heterocycles. The number of hydrogen-bond acceptors (Lipinski definition) is 4. The molecule has 2 bridgehead atoms. The number of hydrogen-bond donors (Lipinski definition) is 0. The quantitative estimate of drug-likeness (QED) is 0.431. The largest absolute Gasteiger partial charge is 0.480 e. The van der Waals surface area contributed by atoms with Crippen LogP contribution in [0.3, 0.4) is 0 Å². The van der Waals surface area contributed by atoms with Crippen LogP contribution in [0.2, 0.25) is 0 Å². The lowest BCUT2D eigenvalue weighted by atomic mass is 9.82. The van der Waals surface area contributed by atoms with Gasteiger partial charge in [0, 0.05) is 5.56 Å². The smallest absolute Gasteiger partial charge is 0.238 e. The third-order valence-corrected chi connectivity index (χ3v) is 6.72. The molecule has 1 saturated carbocycles. The highest BCUT2D eigenvalue weighted by Gasteiger charge is 2.61. The number of ketones is 1. The number of amides is 2. The van der Waals surface area contributed by atoms with Gasteiger partial charge in [0.2, 0.25) is 17.6 Å². The van der Waals surface area contributed by atoms with E-state index < -0.39 is 6.10 Å². The van der Waals surface area contributed by atoms with E-state index in [0.29, 0.717) is 17.0 Å². The summed E-state index contributed by atoms with van der Waals surface area (Å²) < 4.78 is 5.97. The molecule has 2 aromatic carbocycles. The van der Waals surface area contributed by atoms with Crippen molar-refractivity contribution < 1.29 is 19.1 Å². The van der Waals surface area contributed by atoms with Crippen molar-refractivity contribution in [1.29, 1.82) is 0 Å². The van der Waals surface area contributed by atoms with Crippen LogP contribution in [-0.4, -0.2) is 23.7 Å². The van der Waals surface area contributed by atoms with Gasteiger partial charge in [-0.1, -0.05) is 54.1 Å². The molecule has 5 atom stereocenters. The molecule has 1 heterocycles. The number of allylic oxidation sites excluding steroid dienone is 2. The molecule has 5 rings (SSSR count). The first-order valence-electron chi connectivity index (χ1n) is 10.4. The zero-order valence-corrected chi connectivity index (χ0v) is 16.9. The number of para-hydroxylation sites is 2. The van der Waals surface area contributed by atoms with E-state index in [-0.39, 0.29) is 41.3 Å². The van der Waals surface area contributed by atoms with E-state index in [9.17, 15) is 14.4 Å². The Morgan fingerprint density at radius 1 is 1.00 bits per heavy atom. The lowest BCUT2D eigenvalue weighted by Crippen LogP contribution is -2.34. The Balaban J connectivity index is 1.43. The molecule has 0 aromatic heterocycles. The standard InChI is InChI=1S/C25H23NO4/c1-14-12-17-13-18(14)22-21(17)24(28)26(25(22)29)19-10-6-7-11-20(19)30-15(2)23(27)16-8-4-3-5-9-16/h3-12,15,17-18,21-22H,13H2,1-2H3/t15-,17+,18-,21-,22+/m1/s1. The molecule has 152 valence electrons. The Kier molecular flexibility index (Phi) is 4.35. The summed E-state index contributed by atoms with van der Waals surface area (Å²) in [6, 6.07) is 15.9. The van der Waals surface area contributed by atoms with Gasteiger partial charge >= 0.3 is 0 Å². The van der Waals surface area contributed by atoms with E-state index >= 15 is 0 Å². The van der Waals surface area contributed by atoms with Gasteiger partial charge in [0.05, 0.1) is 17.5 Å². The van der Waals surface area contributed by atoms with Gasteiger partial charge in [0.25, 0.3) is 0 Å². The minimum Gasteiger partial charge on any atom is -0.480 e. The SMILES string of the molecule is CC1=C[C@H]2C[C@H]1[C@@H]1C(=O)N(c3ccccc3O[C@H](C)C(=O)c3ccccc3)C(=O)[C@@H]12. The van der Waals surface area contributed by atoms with E-state index in [1.807, 2.05) is 6.07 Å². The topological polar surface area (TPSA) is 63.7 Å². The molecule has 2 fully saturated rings. The van der Waals surface area contributed by atoms with Crippen molar-refractivity contribution in [2.45, 2.75) is 26.4 Å². The first-order valence-corrected chi connectivity index (χ1v) is 10.4. The normalized spacial score (nSPS) is 27.8. The van der Waals surface area contributed by atoms with Crippen LogP contribution in [0.1, 0.15) is 30.6 Å². The number of rotatable bonds is 5. The van der Waals surface area contributed by atoms with Gasteiger partial charge in [-0.05, 0) is 44.2 Å². The van der Waals surface area contributed by atoms with Crippen molar-refractivity contribution in [2.24, 2.45) is 23.7 Å². The van der Waals surface area contributed by atoms with E-state index in [1.165, 1.54) is 10.5 Å². The second-order valence-electron chi connectivity index (χ2n) is 8.44. The van der Waals surface area contributed by atoms with Crippen LogP contribution in [0.25, 0.3) is 0 Å². The van der Waals surface area contributed by atoms with E-state index in [1.54, 1.807) is 55.5 Å². The molecule has 2 amide bonds. The maximum absolute atomic E-state index is 13.3. The highest BCUT2D eigenvalue weighted by molar-refractivity contribution is 6.23.